The number of carbonyl (C=O) groups is 1. The summed E-state index contributed by atoms with van der Waals surface area (Å²) < 4.78 is 5.63. The van der Waals surface area contributed by atoms with Crippen LogP contribution in [-0.2, 0) is 9.53 Å². The maximum absolute atomic E-state index is 10.4. The van der Waals surface area contributed by atoms with Gasteiger partial charge in [0.2, 0.25) is 0 Å². The summed E-state index contributed by atoms with van der Waals surface area (Å²) in [4.78, 5) is 10.4. The molecule has 0 bridgehead atoms. The second-order valence-corrected chi connectivity index (χ2v) is 5.05. The molecule has 0 radical (unpaired) electrons. The van der Waals surface area contributed by atoms with E-state index in [0.717, 1.165) is 18.6 Å². The zero-order valence-electron chi connectivity index (χ0n) is 11.2. The molecule has 0 N–H and O–H groups in total. The lowest BCUT2D eigenvalue weighted by atomic mass is 9.77. The summed E-state index contributed by atoms with van der Waals surface area (Å²) in [5.41, 5.74) is 0. The summed E-state index contributed by atoms with van der Waals surface area (Å²) in [7, 11) is 0. The van der Waals surface area contributed by atoms with Crippen molar-refractivity contribution in [2.24, 2.45) is 11.8 Å². The van der Waals surface area contributed by atoms with Crippen molar-refractivity contribution in [3.8, 4) is 0 Å². The van der Waals surface area contributed by atoms with E-state index in [9.17, 15) is 4.79 Å². The van der Waals surface area contributed by atoms with E-state index >= 15 is 0 Å². The van der Waals surface area contributed by atoms with Crippen LogP contribution >= 0.6 is 0 Å². The van der Waals surface area contributed by atoms with Gasteiger partial charge in [-0.1, -0.05) is 38.3 Å². The summed E-state index contributed by atoms with van der Waals surface area (Å²) in [6.45, 7) is 4.56. The Balaban J connectivity index is 2.45. The van der Waals surface area contributed by atoms with Crippen LogP contribution in [0.4, 0.5) is 0 Å². The molecule has 0 aromatic rings. The van der Waals surface area contributed by atoms with Gasteiger partial charge in [-0.25, -0.2) is 0 Å². The van der Waals surface area contributed by atoms with Gasteiger partial charge in [0, 0.05) is 5.92 Å². The van der Waals surface area contributed by atoms with Gasteiger partial charge in [-0.05, 0) is 32.1 Å². The molecule has 1 saturated carbocycles. The van der Waals surface area contributed by atoms with Gasteiger partial charge < -0.3 is 9.53 Å². The number of aldehydes is 1. The minimum absolute atomic E-state index is 0.248. The molecule has 0 aromatic heterocycles. The fourth-order valence-corrected chi connectivity index (χ4v) is 2.84. The first-order valence-electron chi connectivity index (χ1n) is 6.99. The van der Waals surface area contributed by atoms with Crippen molar-refractivity contribution in [1.82, 2.24) is 0 Å². The summed E-state index contributed by atoms with van der Waals surface area (Å²) in [6.07, 6.45) is 13.1. The quantitative estimate of drug-likeness (QED) is 0.499. The first kappa shape index (κ1) is 14.4. The molecule has 1 aliphatic rings. The third-order valence-corrected chi connectivity index (χ3v) is 3.73. The van der Waals surface area contributed by atoms with E-state index in [1.807, 2.05) is 0 Å². The van der Waals surface area contributed by atoms with Crippen LogP contribution < -0.4 is 0 Å². The van der Waals surface area contributed by atoms with Crippen molar-refractivity contribution in [2.75, 3.05) is 6.61 Å². The molecule has 1 aliphatic carbocycles. The molecule has 0 heterocycles. The van der Waals surface area contributed by atoms with Crippen molar-refractivity contribution < 1.29 is 9.53 Å². The predicted octanol–water partition coefficient (Wildman–Crippen LogP) is 3.75. The van der Waals surface area contributed by atoms with Crippen LogP contribution in [-0.4, -0.2) is 19.0 Å². The van der Waals surface area contributed by atoms with Crippen LogP contribution in [0.5, 0.6) is 0 Å². The SMILES string of the molecule is C/C=C\C1CC(CCCC)CCC1OCC=O. The number of ether oxygens (including phenoxy) is 1. The van der Waals surface area contributed by atoms with Gasteiger partial charge in [0.25, 0.3) is 0 Å². The number of hydrogen-bond donors (Lipinski definition) is 0. The highest BCUT2D eigenvalue weighted by Crippen LogP contribution is 2.34. The maximum Gasteiger partial charge on any atom is 0.145 e. The van der Waals surface area contributed by atoms with Crippen molar-refractivity contribution >= 4 is 6.29 Å². The van der Waals surface area contributed by atoms with E-state index in [2.05, 4.69) is 26.0 Å². The molecule has 2 heteroatoms. The van der Waals surface area contributed by atoms with Crippen LogP contribution in [0.3, 0.4) is 0 Å². The van der Waals surface area contributed by atoms with E-state index in [1.165, 1.54) is 32.1 Å². The van der Waals surface area contributed by atoms with Crippen LogP contribution in [0.2, 0.25) is 0 Å². The summed E-state index contributed by atoms with van der Waals surface area (Å²) in [6, 6.07) is 0. The lowest BCUT2D eigenvalue weighted by molar-refractivity contribution is -0.115. The first-order chi connectivity index (χ1) is 8.31. The van der Waals surface area contributed by atoms with Gasteiger partial charge in [0.15, 0.2) is 0 Å². The lowest BCUT2D eigenvalue weighted by Gasteiger charge is -2.34. The monoisotopic (exact) mass is 238 g/mol. The Morgan fingerprint density at radius 1 is 1.35 bits per heavy atom. The Morgan fingerprint density at radius 2 is 2.18 bits per heavy atom. The molecule has 0 saturated heterocycles. The van der Waals surface area contributed by atoms with Gasteiger partial charge in [-0.2, -0.15) is 0 Å². The normalized spacial score (nSPS) is 29.6. The molecule has 1 rings (SSSR count). The topological polar surface area (TPSA) is 26.3 Å². The van der Waals surface area contributed by atoms with Crippen molar-refractivity contribution in [2.45, 2.75) is 58.5 Å². The van der Waals surface area contributed by atoms with Gasteiger partial charge >= 0.3 is 0 Å². The van der Waals surface area contributed by atoms with Gasteiger partial charge in [0.05, 0.1) is 6.10 Å². The number of allylic oxidation sites excluding steroid dienone is 1. The molecule has 2 nitrogen and oxygen atoms in total. The van der Waals surface area contributed by atoms with Gasteiger partial charge in [-0.3, -0.25) is 0 Å². The molecule has 1 fully saturated rings. The number of rotatable bonds is 7. The number of carbonyl (C=O) groups excluding carboxylic acids is 1. The van der Waals surface area contributed by atoms with E-state index in [0.29, 0.717) is 5.92 Å². The van der Waals surface area contributed by atoms with Crippen molar-refractivity contribution in [3.63, 3.8) is 0 Å². The number of hydrogen-bond acceptors (Lipinski definition) is 2. The Labute approximate surface area is 105 Å². The average molecular weight is 238 g/mol. The lowest BCUT2D eigenvalue weighted by Crippen LogP contribution is -2.31. The van der Waals surface area contributed by atoms with E-state index in [1.54, 1.807) is 0 Å². The third kappa shape index (κ3) is 5.03. The summed E-state index contributed by atoms with van der Waals surface area (Å²) in [5.74, 6) is 1.36. The second kappa shape index (κ2) is 8.46. The molecule has 0 amide bonds. The molecular weight excluding hydrogens is 212 g/mol. The minimum atomic E-state index is 0.248. The predicted molar refractivity (Wildman–Crippen MR) is 71.0 cm³/mol. The van der Waals surface area contributed by atoms with E-state index in [4.69, 9.17) is 4.74 Å². The molecule has 98 valence electrons. The largest absolute Gasteiger partial charge is 0.370 e. The summed E-state index contributed by atoms with van der Waals surface area (Å²) >= 11 is 0. The van der Waals surface area contributed by atoms with Crippen molar-refractivity contribution in [3.05, 3.63) is 12.2 Å². The Kier molecular flexibility index (Phi) is 7.18. The molecule has 0 aromatic carbocycles. The average Bonchev–Trinajstić information content (AvgIpc) is 2.35. The molecule has 0 spiro atoms. The smallest absolute Gasteiger partial charge is 0.145 e. The Bertz CT molecular complexity index is 235. The van der Waals surface area contributed by atoms with Gasteiger partial charge in [-0.15, -0.1) is 0 Å². The van der Waals surface area contributed by atoms with Crippen LogP contribution in [0, 0.1) is 11.8 Å². The van der Waals surface area contributed by atoms with Crippen LogP contribution in [0.15, 0.2) is 12.2 Å². The Morgan fingerprint density at radius 3 is 2.82 bits per heavy atom. The molecule has 3 unspecified atom stereocenters. The molecule has 17 heavy (non-hydrogen) atoms. The molecule has 0 aliphatic heterocycles. The second-order valence-electron chi connectivity index (χ2n) is 5.05. The van der Waals surface area contributed by atoms with E-state index < -0.39 is 0 Å². The fourth-order valence-electron chi connectivity index (χ4n) is 2.84. The first-order valence-corrected chi connectivity index (χ1v) is 6.99. The maximum atomic E-state index is 10.4. The minimum Gasteiger partial charge on any atom is -0.370 e. The molecular formula is C15H26O2. The zero-order valence-corrected chi connectivity index (χ0v) is 11.2. The number of unbranched alkanes of at least 4 members (excludes halogenated alkanes) is 1. The standard InChI is InChI=1S/C15H26O2/c1-3-5-7-13-8-9-15(17-11-10-16)14(12-13)6-4-2/h4,6,10,13-15H,3,5,7-9,11-12H2,1-2H3/b6-4-. The van der Waals surface area contributed by atoms with E-state index in [-0.39, 0.29) is 12.7 Å². The highest BCUT2D eigenvalue weighted by Gasteiger charge is 2.28. The van der Waals surface area contributed by atoms with Gasteiger partial charge in [0.1, 0.15) is 12.9 Å². The fraction of sp³-hybridized carbons (Fsp3) is 0.800. The highest BCUT2D eigenvalue weighted by atomic mass is 16.5. The summed E-state index contributed by atoms with van der Waals surface area (Å²) in [5, 5.41) is 0. The highest BCUT2D eigenvalue weighted by molar-refractivity contribution is 5.50. The van der Waals surface area contributed by atoms with Crippen molar-refractivity contribution in [1.29, 1.82) is 0 Å². The zero-order chi connectivity index (χ0) is 12.5. The van der Waals surface area contributed by atoms with Crippen LogP contribution in [0.1, 0.15) is 52.4 Å². The Hall–Kier alpha value is -0.630. The third-order valence-electron chi connectivity index (χ3n) is 3.73. The molecule has 3 atom stereocenters. The van der Waals surface area contributed by atoms with Crippen LogP contribution in [0.25, 0.3) is 0 Å².